The molecule has 0 unspecified atom stereocenters. The number of Topliss-reactive ketones (excluding diaryl/α,β-unsaturated/α-hetero) is 2. The van der Waals surface area contributed by atoms with E-state index in [0.29, 0.717) is 55.0 Å². The molecule has 23 nitrogen and oxygen atoms in total. The molecule has 2 N–H and O–H groups in total. The molecule has 2 amide bonds. The minimum absolute atomic E-state index is 0.0193. The summed E-state index contributed by atoms with van der Waals surface area (Å²) in [5, 5.41) is 19.3. The molecule has 3 saturated heterocycles. The Morgan fingerprint density at radius 1 is 0.533 bits per heavy atom. The Bertz CT molecular complexity index is 3790. The van der Waals surface area contributed by atoms with E-state index >= 15 is 0 Å². The van der Waals surface area contributed by atoms with Crippen LogP contribution in [-0.4, -0.2) is 180 Å². The van der Waals surface area contributed by atoms with E-state index in [0.717, 1.165) is 33.4 Å². The highest BCUT2D eigenvalue weighted by atomic mass is 79.9. The highest BCUT2D eigenvalue weighted by molar-refractivity contribution is 9.08. The van der Waals surface area contributed by atoms with Gasteiger partial charge in [0, 0.05) is 59.9 Å². The number of aryl methyl sites for hydroxylation is 4. The number of aliphatic hydroxyl groups is 2. The molecule has 28 heteroatoms. The van der Waals surface area contributed by atoms with Crippen LogP contribution in [0.5, 0.6) is 0 Å². The van der Waals surface area contributed by atoms with Gasteiger partial charge in [0.25, 0.3) is 5.56 Å². The van der Waals surface area contributed by atoms with Crippen molar-refractivity contribution in [2.75, 3.05) is 33.0 Å². The SMILES string of the molecule is CC(C)(C)OC(=O)n1c(=O)c(CBr)cn([C@H]2C[C@@H](O[Si](C)(C)C(C)(C)C)[C@@H](CO[Si](C)(C)C(C)(C)C)O2)c1=O.Cc1cccc(C)c1COCC1=CN([C@H]2C[C@@H](O)[C@@H](CO)O2)C(=O)CC1=O.Cc1cccc(C)c1COCC1=CN([C@H]2C[C@@H](O[Si](C)(C)C(C)(C)C)[C@@H](CO[Si](C)(C)C(C)(C)C)O2)C(=O)CC1=O. The minimum atomic E-state index is -2.20. The van der Waals surface area contributed by atoms with Crippen molar-refractivity contribution in [3.8, 4) is 0 Å². The summed E-state index contributed by atoms with van der Waals surface area (Å²) in [4.78, 5) is 92.7. The van der Waals surface area contributed by atoms with Gasteiger partial charge < -0.3 is 56.3 Å². The van der Waals surface area contributed by atoms with Gasteiger partial charge in [-0.3, -0.25) is 38.3 Å². The third-order valence-electron chi connectivity index (χ3n) is 22.7. The lowest BCUT2D eigenvalue weighted by Crippen LogP contribution is -2.48. The number of amides is 2. The van der Waals surface area contributed by atoms with Crippen molar-refractivity contribution in [3.63, 3.8) is 0 Å². The third kappa shape index (κ3) is 23.4. The number of hydrogen-bond donors (Lipinski definition) is 2. The molecule has 3 aromatic rings. The van der Waals surface area contributed by atoms with Crippen molar-refractivity contribution in [1.82, 2.24) is 18.9 Å². The molecule has 3 fully saturated rings. The Labute approximate surface area is 648 Å². The number of aromatic nitrogens is 2. The molecule has 8 rings (SSSR count). The third-order valence-corrected chi connectivity index (χ3v) is 41.3. The number of ether oxygens (including phenoxy) is 6. The number of aliphatic hydroxyl groups excluding tert-OH is 2. The van der Waals surface area contributed by atoms with E-state index in [1.807, 2.05) is 38.1 Å². The van der Waals surface area contributed by atoms with Crippen molar-refractivity contribution in [1.29, 1.82) is 0 Å². The Morgan fingerprint density at radius 2 is 0.897 bits per heavy atom. The minimum Gasteiger partial charge on any atom is -0.443 e. The van der Waals surface area contributed by atoms with Gasteiger partial charge in [-0.2, -0.15) is 4.57 Å². The Kier molecular flexibility index (Phi) is 30.6. The number of rotatable bonds is 23. The molecule has 6 heterocycles. The first kappa shape index (κ1) is 91.1. The van der Waals surface area contributed by atoms with Crippen LogP contribution in [0.2, 0.25) is 72.5 Å². The summed E-state index contributed by atoms with van der Waals surface area (Å²) in [5.74, 6) is -1.10. The van der Waals surface area contributed by atoms with Crippen LogP contribution in [0.1, 0.15) is 181 Å². The predicted molar refractivity (Wildman–Crippen MR) is 428 cm³/mol. The molecule has 107 heavy (non-hydrogen) atoms. The maximum atomic E-state index is 13.6. The van der Waals surface area contributed by atoms with E-state index in [2.05, 4.69) is 177 Å². The summed E-state index contributed by atoms with van der Waals surface area (Å²) >= 11 is 3.31. The first-order chi connectivity index (χ1) is 49.0. The van der Waals surface area contributed by atoms with Crippen molar-refractivity contribution in [3.05, 3.63) is 126 Å². The van der Waals surface area contributed by atoms with Crippen LogP contribution < -0.4 is 11.2 Å². The van der Waals surface area contributed by atoms with Gasteiger partial charge >= 0.3 is 11.8 Å². The van der Waals surface area contributed by atoms with Crippen LogP contribution in [0.4, 0.5) is 4.79 Å². The maximum absolute atomic E-state index is 13.6. The molecule has 0 saturated carbocycles. The summed E-state index contributed by atoms with van der Waals surface area (Å²) in [6, 6.07) is 12.2. The number of ketones is 2. The van der Waals surface area contributed by atoms with Gasteiger partial charge in [0.05, 0.1) is 77.4 Å². The van der Waals surface area contributed by atoms with Gasteiger partial charge in [0.15, 0.2) is 44.8 Å². The average molecular weight is 1630 g/mol. The van der Waals surface area contributed by atoms with Crippen molar-refractivity contribution in [2.24, 2.45) is 0 Å². The largest absolute Gasteiger partial charge is 0.443 e. The average Bonchev–Trinajstić information content (AvgIpc) is 1.72. The number of hydrogen-bond acceptors (Lipinski definition) is 19. The number of carbonyl (C=O) groups is 5. The first-order valence-corrected chi connectivity index (χ1v) is 50.2. The van der Waals surface area contributed by atoms with Gasteiger partial charge in [0.2, 0.25) is 11.8 Å². The summed E-state index contributed by atoms with van der Waals surface area (Å²) in [6.07, 6.45) is -0.540. The first-order valence-electron chi connectivity index (χ1n) is 37.5. The molecule has 0 radical (unpaired) electrons. The van der Waals surface area contributed by atoms with Gasteiger partial charge in [-0.15, -0.1) is 0 Å². The lowest BCUT2D eigenvalue weighted by molar-refractivity contribution is -0.146. The smallest absolute Gasteiger partial charge is 0.425 e. The molecule has 0 spiro atoms. The lowest BCUT2D eigenvalue weighted by atomic mass is 10.0. The van der Waals surface area contributed by atoms with Crippen LogP contribution in [0.15, 0.2) is 75.7 Å². The summed E-state index contributed by atoms with van der Waals surface area (Å²) in [7, 11) is -8.42. The van der Waals surface area contributed by atoms with Crippen LogP contribution >= 0.6 is 15.9 Å². The summed E-state index contributed by atoms with van der Waals surface area (Å²) in [6.45, 7) is 58.7. The molecule has 5 aliphatic heterocycles. The van der Waals surface area contributed by atoms with Gasteiger partial charge in [-0.05, 0) is 154 Å². The van der Waals surface area contributed by atoms with Crippen LogP contribution in [0.25, 0.3) is 0 Å². The zero-order chi connectivity index (χ0) is 80.9. The second-order valence-corrected chi connectivity index (χ2v) is 55.9. The number of carbonyl (C=O) groups excluding carboxylic acids is 5. The molecule has 600 valence electrons. The van der Waals surface area contributed by atoms with Crippen LogP contribution in [-0.2, 0) is 83.8 Å². The zero-order valence-electron chi connectivity index (χ0n) is 69.1. The number of benzene rings is 2. The second kappa shape index (κ2) is 36.0. The summed E-state index contributed by atoms with van der Waals surface area (Å²) < 4.78 is 64.3. The molecule has 1 aromatic heterocycles. The zero-order valence-corrected chi connectivity index (χ0v) is 74.7. The monoisotopic (exact) mass is 1630 g/mol. The van der Waals surface area contributed by atoms with Crippen molar-refractivity contribution >= 4 is 78.7 Å². The predicted octanol–water partition coefficient (Wildman–Crippen LogP) is 14.4. The molecule has 9 atom stereocenters. The van der Waals surface area contributed by atoms with E-state index in [1.54, 1.807) is 31.9 Å². The van der Waals surface area contributed by atoms with Gasteiger partial charge in [-0.25, -0.2) is 9.59 Å². The van der Waals surface area contributed by atoms with E-state index in [4.69, 9.17) is 46.1 Å². The standard InChI is InChI=1S/C32H53NO6Si2.C27H49BrN2O7Si2.C20H25NO6/c1-22-14-13-15-23(2)25(22)20-36-19-24-18-33(29(35)16-26(24)34)30-17-27(39-41(11,12)32(6,7)8)28(38-30)21-37-40(9,10)31(3,4)5;1-25(2,3)36-24(33)30-22(31)18(15-28)16-29(23(30)32)21-14-19(37-39(12,13)27(7,8)9)20(35-21)17-34-38(10,11)26(4,5)6;1-12-4-3-5-13(2)15(12)11-26-10-14-8-21(19(25)6-16(14)23)20-7-17(24)18(9-22)27-20/h13-15,18,27-28,30H,16-17,19-21H2,1-12H3;16,19-21H,14-15,17H2,1-13H3;3-5,8,17-18,20,22,24H,6-7,9-11H2,1-2H3/t27-,28-,30-;19-,20-,21-;17-,18-,20-/m111/s1. The highest BCUT2D eigenvalue weighted by Crippen LogP contribution is 2.45. The van der Waals surface area contributed by atoms with Crippen LogP contribution in [0, 0.1) is 27.7 Å². The van der Waals surface area contributed by atoms with Crippen LogP contribution in [0.3, 0.4) is 0 Å². The molecular weight excluding hydrogens is 1500 g/mol. The molecule has 5 aliphatic rings. The van der Waals surface area contributed by atoms with E-state index < -0.39 is 93.2 Å². The van der Waals surface area contributed by atoms with Crippen molar-refractivity contribution in [2.45, 2.75) is 316 Å². The Balaban J connectivity index is 0.000000256. The summed E-state index contributed by atoms with van der Waals surface area (Å²) in [5.41, 5.74) is 5.50. The number of nitrogens with zero attached hydrogens (tertiary/aromatic N) is 4. The number of alkyl halides is 1. The molecular formula is C79H127BrN4O19Si4. The fourth-order valence-corrected chi connectivity index (χ4v) is 16.7. The Hall–Kier alpha value is -4.74. The second-order valence-electron chi connectivity index (χ2n) is 36.3. The Morgan fingerprint density at radius 3 is 1.25 bits per heavy atom. The van der Waals surface area contributed by atoms with Gasteiger partial charge in [-0.1, -0.05) is 135 Å². The van der Waals surface area contributed by atoms with Gasteiger partial charge in [0.1, 0.15) is 42.6 Å². The fourth-order valence-electron chi connectivity index (χ4n) is 11.6. The van der Waals surface area contributed by atoms with Crippen molar-refractivity contribution < 1.29 is 80.3 Å². The molecule has 2 aromatic carbocycles. The lowest BCUT2D eigenvalue weighted by Gasteiger charge is -2.40. The highest BCUT2D eigenvalue weighted by Gasteiger charge is 2.51. The fraction of sp³-hybridized carbons (Fsp3) is 0.684. The molecule has 0 aliphatic carbocycles. The molecule has 0 bridgehead atoms. The quantitative estimate of drug-likeness (QED) is 0.0507. The normalized spacial score (nSPS) is 23.1. The maximum Gasteiger partial charge on any atom is 0.425 e. The van der Waals surface area contributed by atoms with E-state index in [1.165, 1.54) is 21.9 Å². The number of halogens is 1. The topological polar surface area (TPSA) is 269 Å². The van der Waals surface area contributed by atoms with E-state index in [9.17, 15) is 43.8 Å². The van der Waals surface area contributed by atoms with E-state index in [-0.39, 0.29) is 112 Å².